The van der Waals surface area contributed by atoms with Crippen LogP contribution in [0, 0.1) is 13.7 Å². The number of aliphatic hydroxyl groups excluding tert-OH is 1. The molecule has 48 heavy (non-hydrogen) atoms. The number of benzene rings is 3. The van der Waals surface area contributed by atoms with Crippen LogP contribution in [0.2, 0.25) is 0 Å². The number of allylic oxidation sites excluding steroid dienone is 1. The number of rotatable bonds is 15. The van der Waals surface area contributed by atoms with E-state index in [0.29, 0.717) is 52.0 Å². The summed E-state index contributed by atoms with van der Waals surface area (Å²) in [7, 11) is 2.77. The van der Waals surface area contributed by atoms with Crippen molar-refractivity contribution in [2.75, 3.05) is 27.4 Å². The average molecular weight is 776 g/mol. The molecule has 2 amide bonds. The number of aliphatic hydroxyl groups is 1. The molecule has 0 radical (unpaired) electrons. The molecule has 0 unspecified atom stereocenters. The van der Waals surface area contributed by atoms with Crippen molar-refractivity contribution in [2.24, 2.45) is 5.10 Å². The summed E-state index contributed by atoms with van der Waals surface area (Å²) < 4.78 is 28.9. The number of nitrogens with one attached hydrogen (secondary N) is 3. The van der Waals surface area contributed by atoms with Crippen LogP contribution in [-0.2, 0) is 16.1 Å². The summed E-state index contributed by atoms with van der Waals surface area (Å²) in [5, 5.41) is 31.0. The number of halogens is 1. The topological polar surface area (TPSA) is 192 Å². The molecular formula is C32H34IN5O10. The summed E-state index contributed by atoms with van der Waals surface area (Å²) in [6.07, 6.45) is 0.228. The number of nitro benzene ring substituents is 1. The van der Waals surface area contributed by atoms with Crippen LogP contribution in [0.3, 0.4) is 0 Å². The molecule has 16 heteroatoms. The highest BCUT2D eigenvalue weighted by Crippen LogP contribution is 2.35. The molecule has 0 saturated heterocycles. The van der Waals surface area contributed by atoms with Gasteiger partial charge in [-0.05, 0) is 84.0 Å². The molecule has 3 aromatic carbocycles. The predicted molar refractivity (Wildman–Crippen MR) is 182 cm³/mol. The van der Waals surface area contributed by atoms with E-state index < -0.39 is 29.2 Å². The number of hydrazone groups is 1. The van der Waals surface area contributed by atoms with E-state index in [2.05, 4.69) is 43.8 Å². The maximum absolute atomic E-state index is 12.5. The fourth-order valence-electron chi connectivity index (χ4n) is 4.68. The van der Waals surface area contributed by atoms with Gasteiger partial charge in [0.15, 0.2) is 29.2 Å². The molecule has 1 aliphatic heterocycles. The lowest BCUT2D eigenvalue weighted by Crippen LogP contribution is -2.45. The second kappa shape index (κ2) is 16.6. The zero-order valence-electron chi connectivity index (χ0n) is 26.4. The number of hydrogen-bond acceptors (Lipinski definition) is 12. The molecule has 0 aromatic heterocycles. The first-order valence-corrected chi connectivity index (χ1v) is 15.6. The van der Waals surface area contributed by atoms with E-state index in [4.69, 9.17) is 23.7 Å². The first-order valence-electron chi connectivity index (χ1n) is 14.5. The van der Waals surface area contributed by atoms with Gasteiger partial charge in [-0.25, -0.2) is 9.59 Å². The van der Waals surface area contributed by atoms with Crippen molar-refractivity contribution in [3.8, 4) is 23.0 Å². The molecule has 0 spiro atoms. The number of non-ortho nitro benzene ring substituents is 1. The highest BCUT2D eigenvalue weighted by molar-refractivity contribution is 14.1. The monoisotopic (exact) mass is 775 g/mol. The Bertz CT molecular complexity index is 1710. The molecule has 4 N–H and O–H groups in total. The van der Waals surface area contributed by atoms with E-state index in [-0.39, 0.29) is 24.5 Å². The fraction of sp³-hybridized carbons (Fsp3) is 0.281. The Kier molecular flexibility index (Phi) is 12.4. The second-order valence-electron chi connectivity index (χ2n) is 10.2. The van der Waals surface area contributed by atoms with E-state index in [1.807, 2.05) is 6.07 Å². The maximum atomic E-state index is 12.5. The SMILES string of the molecule is CCOc1cc([C@@H]2NC(=O)NC(C)=C2C(=O)OC)ccc1OC[C@H](O)N/N=C/c1cc(I)cc(OC)c1OCc1ccc([N+](=O)[O-])cc1. The van der Waals surface area contributed by atoms with Crippen molar-refractivity contribution in [1.82, 2.24) is 16.1 Å². The maximum Gasteiger partial charge on any atom is 0.337 e. The number of methoxy groups -OCH3 is 2. The Labute approximate surface area is 289 Å². The number of urea groups is 1. The normalized spacial score (nSPS) is 14.9. The summed E-state index contributed by atoms with van der Waals surface area (Å²) in [6.45, 7) is 3.61. The summed E-state index contributed by atoms with van der Waals surface area (Å²) in [6, 6.07) is 13.3. The van der Waals surface area contributed by atoms with Gasteiger partial charge in [-0.2, -0.15) is 5.10 Å². The number of amides is 2. The summed E-state index contributed by atoms with van der Waals surface area (Å²) in [4.78, 5) is 35.2. The van der Waals surface area contributed by atoms with Crippen molar-refractivity contribution in [3.05, 3.63) is 96.2 Å². The molecule has 1 aliphatic rings. The van der Waals surface area contributed by atoms with E-state index in [0.717, 1.165) is 3.57 Å². The van der Waals surface area contributed by atoms with Gasteiger partial charge in [0.2, 0.25) is 0 Å². The molecule has 3 aromatic rings. The quantitative estimate of drug-likeness (QED) is 0.0430. The molecule has 4 rings (SSSR count). The number of nitro groups is 1. The van der Waals surface area contributed by atoms with E-state index >= 15 is 0 Å². The van der Waals surface area contributed by atoms with Crippen LogP contribution in [0.5, 0.6) is 23.0 Å². The first kappa shape index (κ1) is 35.7. The first-order chi connectivity index (χ1) is 23.0. The van der Waals surface area contributed by atoms with Crippen molar-refractivity contribution in [2.45, 2.75) is 32.7 Å². The smallest absolute Gasteiger partial charge is 0.337 e. The van der Waals surface area contributed by atoms with E-state index in [1.54, 1.807) is 50.2 Å². The predicted octanol–water partition coefficient (Wildman–Crippen LogP) is 4.31. The van der Waals surface area contributed by atoms with Gasteiger partial charge in [0.05, 0.1) is 43.6 Å². The minimum absolute atomic E-state index is 0.0212. The van der Waals surface area contributed by atoms with Crippen LogP contribution in [0.1, 0.15) is 36.6 Å². The highest BCUT2D eigenvalue weighted by atomic mass is 127. The molecule has 15 nitrogen and oxygen atoms in total. The van der Waals surface area contributed by atoms with Gasteiger partial charge in [-0.1, -0.05) is 6.07 Å². The van der Waals surface area contributed by atoms with Crippen molar-refractivity contribution < 1.29 is 43.3 Å². The van der Waals surface area contributed by atoms with E-state index in [1.165, 1.54) is 32.6 Å². The summed E-state index contributed by atoms with van der Waals surface area (Å²) >= 11 is 2.13. The van der Waals surface area contributed by atoms with Crippen LogP contribution in [0.25, 0.3) is 0 Å². The molecule has 0 aliphatic carbocycles. The summed E-state index contributed by atoms with van der Waals surface area (Å²) in [5.74, 6) is 0.898. The third-order valence-corrected chi connectivity index (χ3v) is 7.52. The van der Waals surface area contributed by atoms with Gasteiger partial charge in [0.1, 0.15) is 13.2 Å². The Hall–Kier alpha value is -5.10. The van der Waals surface area contributed by atoms with Gasteiger partial charge in [-0.3, -0.25) is 15.5 Å². The van der Waals surface area contributed by atoms with Crippen LogP contribution in [-0.4, -0.2) is 61.9 Å². The zero-order chi connectivity index (χ0) is 34.8. The van der Waals surface area contributed by atoms with Crippen molar-refractivity contribution >= 4 is 46.5 Å². The lowest BCUT2D eigenvalue weighted by molar-refractivity contribution is -0.384. The number of esters is 1. The molecule has 0 bridgehead atoms. The number of carbonyl (C=O) groups excluding carboxylic acids is 2. The Balaban J connectivity index is 1.44. The average Bonchev–Trinajstić information content (AvgIpc) is 3.06. The van der Waals surface area contributed by atoms with Crippen molar-refractivity contribution in [3.63, 3.8) is 0 Å². The number of nitrogens with zero attached hydrogens (tertiary/aromatic N) is 2. The lowest BCUT2D eigenvalue weighted by Gasteiger charge is -2.28. The standard InChI is InChI=1S/C32H34IN5O10/c1-5-46-25-13-20(29-28(31(40)45-4)18(2)35-32(41)36-29)8-11-24(25)47-17-27(39)37-34-15-21-12-22(33)14-26(44-3)30(21)48-16-19-6-9-23(10-7-19)38(42)43/h6-15,27,29,37,39H,5,16-17H2,1-4H3,(H2,35,36,41)/b34-15+/t27-,29-/m0/s1. The van der Waals surface area contributed by atoms with Gasteiger partial charge in [-0.15, -0.1) is 0 Å². The largest absolute Gasteiger partial charge is 0.493 e. The number of hydrogen-bond donors (Lipinski definition) is 4. The summed E-state index contributed by atoms with van der Waals surface area (Å²) in [5.41, 5.74) is 5.03. The highest BCUT2D eigenvalue weighted by Gasteiger charge is 2.32. The molecule has 254 valence electrons. The third kappa shape index (κ3) is 9.03. The second-order valence-corrected chi connectivity index (χ2v) is 11.4. The number of carbonyl (C=O) groups is 2. The minimum atomic E-state index is -1.23. The Morgan fingerprint density at radius 1 is 1.10 bits per heavy atom. The van der Waals surface area contributed by atoms with Crippen LogP contribution >= 0.6 is 22.6 Å². The van der Waals surface area contributed by atoms with Gasteiger partial charge >= 0.3 is 12.0 Å². The van der Waals surface area contributed by atoms with Crippen LogP contribution < -0.4 is 35.0 Å². The van der Waals surface area contributed by atoms with Crippen LogP contribution in [0.15, 0.2) is 71.0 Å². The van der Waals surface area contributed by atoms with E-state index in [9.17, 15) is 24.8 Å². The minimum Gasteiger partial charge on any atom is -0.493 e. The number of ether oxygens (including phenoxy) is 5. The van der Waals surface area contributed by atoms with Crippen LogP contribution in [0.4, 0.5) is 10.5 Å². The molecule has 0 saturated carbocycles. The lowest BCUT2D eigenvalue weighted by atomic mass is 9.95. The fourth-order valence-corrected chi connectivity index (χ4v) is 5.29. The van der Waals surface area contributed by atoms with Gasteiger partial charge in [0, 0.05) is 27.0 Å². The van der Waals surface area contributed by atoms with Gasteiger partial charge < -0.3 is 39.4 Å². The van der Waals surface area contributed by atoms with Gasteiger partial charge in [0.25, 0.3) is 5.69 Å². The Morgan fingerprint density at radius 3 is 2.52 bits per heavy atom. The molecular weight excluding hydrogens is 741 g/mol. The van der Waals surface area contributed by atoms with Crippen molar-refractivity contribution in [1.29, 1.82) is 0 Å². The Morgan fingerprint density at radius 2 is 1.85 bits per heavy atom. The molecule has 2 atom stereocenters. The molecule has 1 heterocycles. The molecule has 0 fully saturated rings. The third-order valence-electron chi connectivity index (χ3n) is 6.90. The zero-order valence-corrected chi connectivity index (χ0v) is 28.6.